The number of aliphatic hydroxyl groups is 1. The quantitative estimate of drug-likeness (QED) is 0.873. The van der Waals surface area contributed by atoms with E-state index in [2.05, 4.69) is 5.32 Å². The summed E-state index contributed by atoms with van der Waals surface area (Å²) >= 11 is 0. The molecule has 0 saturated carbocycles. The third kappa shape index (κ3) is 3.37. The van der Waals surface area contributed by atoms with Crippen LogP contribution in [-0.2, 0) is 6.18 Å². The Balaban J connectivity index is 3.05. The second kappa shape index (κ2) is 5.74. The Morgan fingerprint density at radius 2 is 2.11 bits per heavy atom. The Morgan fingerprint density at radius 1 is 1.44 bits per heavy atom. The largest absolute Gasteiger partial charge is 0.416 e. The molecular weight excluding hydrogens is 245 g/mol. The molecule has 1 atom stereocenters. The number of nitrogens with zero attached hydrogens (tertiary/aromatic N) is 1. The molecule has 0 aromatic heterocycles. The SMILES string of the molecule is CC[C@H](CO)Nc1ccc(C(F)(F)F)cc1C#N. The van der Waals surface area contributed by atoms with Gasteiger partial charge in [0.15, 0.2) is 0 Å². The maximum Gasteiger partial charge on any atom is 0.416 e. The minimum Gasteiger partial charge on any atom is -0.394 e. The first-order chi connectivity index (χ1) is 8.42. The van der Waals surface area contributed by atoms with Crippen LogP contribution in [0.25, 0.3) is 0 Å². The van der Waals surface area contributed by atoms with Gasteiger partial charge in [-0.25, -0.2) is 0 Å². The molecule has 0 fully saturated rings. The molecule has 0 unspecified atom stereocenters. The van der Waals surface area contributed by atoms with E-state index in [1.165, 1.54) is 6.07 Å². The molecule has 0 bridgehead atoms. The Labute approximate surface area is 103 Å². The lowest BCUT2D eigenvalue weighted by molar-refractivity contribution is -0.137. The van der Waals surface area contributed by atoms with Crippen molar-refractivity contribution in [2.24, 2.45) is 0 Å². The fraction of sp³-hybridized carbons (Fsp3) is 0.417. The normalized spacial score (nSPS) is 12.9. The molecule has 0 aliphatic rings. The maximum absolute atomic E-state index is 12.5. The third-order valence-electron chi connectivity index (χ3n) is 2.54. The van der Waals surface area contributed by atoms with Gasteiger partial charge in [-0.15, -0.1) is 0 Å². The summed E-state index contributed by atoms with van der Waals surface area (Å²) in [5.41, 5.74) is -0.648. The van der Waals surface area contributed by atoms with Gasteiger partial charge in [0.05, 0.1) is 23.4 Å². The smallest absolute Gasteiger partial charge is 0.394 e. The number of anilines is 1. The fourth-order valence-electron chi connectivity index (χ4n) is 1.44. The standard InChI is InChI=1S/C12H13F3N2O/c1-2-10(7-18)17-11-4-3-9(12(13,14)15)5-8(11)6-16/h3-5,10,17-18H,2,7H2,1H3/t10-/m1/s1. The van der Waals surface area contributed by atoms with Crippen LogP contribution in [0.1, 0.15) is 24.5 Å². The van der Waals surface area contributed by atoms with Crippen molar-refractivity contribution in [3.63, 3.8) is 0 Å². The number of nitrogens with one attached hydrogen (secondary N) is 1. The van der Waals surface area contributed by atoms with Crippen molar-refractivity contribution in [2.75, 3.05) is 11.9 Å². The van der Waals surface area contributed by atoms with Crippen molar-refractivity contribution in [1.82, 2.24) is 0 Å². The fourth-order valence-corrected chi connectivity index (χ4v) is 1.44. The number of hydrogen-bond donors (Lipinski definition) is 2. The Hall–Kier alpha value is -1.74. The molecule has 0 aliphatic carbocycles. The van der Waals surface area contributed by atoms with Gasteiger partial charge in [-0.05, 0) is 24.6 Å². The highest BCUT2D eigenvalue weighted by atomic mass is 19.4. The Morgan fingerprint density at radius 3 is 2.56 bits per heavy atom. The highest BCUT2D eigenvalue weighted by Gasteiger charge is 2.31. The second-order valence-electron chi connectivity index (χ2n) is 3.80. The van der Waals surface area contributed by atoms with Crippen molar-refractivity contribution in [3.8, 4) is 6.07 Å². The predicted molar refractivity (Wildman–Crippen MR) is 60.9 cm³/mol. The number of benzene rings is 1. The van der Waals surface area contributed by atoms with E-state index < -0.39 is 11.7 Å². The first-order valence-corrected chi connectivity index (χ1v) is 5.41. The summed E-state index contributed by atoms with van der Waals surface area (Å²) in [6, 6.07) is 4.35. The number of hydrogen-bond acceptors (Lipinski definition) is 3. The van der Waals surface area contributed by atoms with Crippen LogP contribution in [0.5, 0.6) is 0 Å². The molecule has 0 radical (unpaired) electrons. The van der Waals surface area contributed by atoms with Crippen LogP contribution in [-0.4, -0.2) is 17.8 Å². The van der Waals surface area contributed by atoms with Crippen molar-refractivity contribution < 1.29 is 18.3 Å². The topological polar surface area (TPSA) is 56.0 Å². The molecule has 2 N–H and O–H groups in total. The van der Waals surface area contributed by atoms with Gasteiger partial charge in [0.1, 0.15) is 6.07 Å². The van der Waals surface area contributed by atoms with Gasteiger partial charge in [-0.1, -0.05) is 6.92 Å². The van der Waals surface area contributed by atoms with Gasteiger partial charge >= 0.3 is 6.18 Å². The molecule has 18 heavy (non-hydrogen) atoms. The summed E-state index contributed by atoms with van der Waals surface area (Å²) in [5, 5.41) is 20.7. The first-order valence-electron chi connectivity index (χ1n) is 5.41. The van der Waals surface area contributed by atoms with Crippen LogP contribution in [0.2, 0.25) is 0 Å². The molecule has 98 valence electrons. The van der Waals surface area contributed by atoms with Crippen LogP contribution in [0, 0.1) is 11.3 Å². The molecule has 0 heterocycles. The summed E-state index contributed by atoms with van der Waals surface area (Å²) in [7, 11) is 0. The number of halogens is 3. The van der Waals surface area contributed by atoms with E-state index in [1.54, 1.807) is 6.07 Å². The first kappa shape index (κ1) is 14.3. The van der Waals surface area contributed by atoms with E-state index in [4.69, 9.17) is 10.4 Å². The lowest BCUT2D eigenvalue weighted by Crippen LogP contribution is -2.23. The van der Waals surface area contributed by atoms with E-state index >= 15 is 0 Å². The zero-order valence-electron chi connectivity index (χ0n) is 9.75. The molecule has 1 aromatic carbocycles. The average molecular weight is 258 g/mol. The number of nitriles is 1. The van der Waals surface area contributed by atoms with Crippen molar-refractivity contribution in [2.45, 2.75) is 25.6 Å². The third-order valence-corrected chi connectivity index (χ3v) is 2.54. The summed E-state index contributed by atoms with van der Waals surface area (Å²) in [5.74, 6) is 0. The van der Waals surface area contributed by atoms with E-state index in [-0.39, 0.29) is 18.2 Å². The van der Waals surface area contributed by atoms with Gasteiger partial charge in [0, 0.05) is 6.04 Å². The number of aliphatic hydroxyl groups excluding tert-OH is 1. The van der Waals surface area contributed by atoms with E-state index in [0.29, 0.717) is 12.1 Å². The van der Waals surface area contributed by atoms with Crippen LogP contribution in [0.3, 0.4) is 0 Å². The van der Waals surface area contributed by atoms with E-state index in [9.17, 15) is 13.2 Å². The highest BCUT2D eigenvalue weighted by molar-refractivity contribution is 5.59. The number of rotatable bonds is 4. The summed E-state index contributed by atoms with van der Waals surface area (Å²) in [4.78, 5) is 0. The molecular formula is C12H13F3N2O. The Kier molecular flexibility index (Phi) is 4.56. The molecule has 0 aliphatic heterocycles. The maximum atomic E-state index is 12.5. The molecule has 1 aromatic rings. The summed E-state index contributed by atoms with van der Waals surface area (Å²) in [6.45, 7) is 1.67. The van der Waals surface area contributed by atoms with Gasteiger partial charge in [0.25, 0.3) is 0 Å². The molecule has 6 heteroatoms. The van der Waals surface area contributed by atoms with E-state index in [1.807, 2.05) is 6.92 Å². The Bertz CT molecular complexity index is 448. The van der Waals surface area contributed by atoms with Crippen LogP contribution in [0.15, 0.2) is 18.2 Å². The minimum atomic E-state index is -4.47. The predicted octanol–water partition coefficient (Wildman–Crippen LogP) is 2.76. The summed E-state index contributed by atoms with van der Waals surface area (Å²) in [6.07, 6.45) is -3.87. The lowest BCUT2D eigenvalue weighted by atomic mass is 10.1. The molecule has 3 nitrogen and oxygen atoms in total. The monoisotopic (exact) mass is 258 g/mol. The van der Waals surface area contributed by atoms with Gasteiger partial charge in [-0.3, -0.25) is 0 Å². The minimum absolute atomic E-state index is 0.0864. The van der Waals surface area contributed by atoms with Gasteiger partial charge in [0.2, 0.25) is 0 Å². The zero-order valence-corrected chi connectivity index (χ0v) is 9.75. The molecule has 0 spiro atoms. The van der Waals surface area contributed by atoms with E-state index in [0.717, 1.165) is 12.1 Å². The average Bonchev–Trinajstić information content (AvgIpc) is 2.34. The molecule has 1 rings (SSSR count). The van der Waals surface area contributed by atoms with Gasteiger partial charge < -0.3 is 10.4 Å². The zero-order chi connectivity index (χ0) is 13.8. The molecule has 0 amide bonds. The van der Waals surface area contributed by atoms with Crippen LogP contribution < -0.4 is 5.32 Å². The lowest BCUT2D eigenvalue weighted by Gasteiger charge is -2.17. The van der Waals surface area contributed by atoms with Gasteiger partial charge in [-0.2, -0.15) is 18.4 Å². The van der Waals surface area contributed by atoms with Crippen molar-refractivity contribution >= 4 is 5.69 Å². The van der Waals surface area contributed by atoms with Crippen LogP contribution >= 0.6 is 0 Å². The second-order valence-corrected chi connectivity index (χ2v) is 3.80. The van der Waals surface area contributed by atoms with Crippen molar-refractivity contribution in [1.29, 1.82) is 5.26 Å². The number of alkyl halides is 3. The molecule has 0 saturated heterocycles. The highest BCUT2D eigenvalue weighted by Crippen LogP contribution is 2.31. The summed E-state index contributed by atoms with van der Waals surface area (Å²) < 4.78 is 37.4. The van der Waals surface area contributed by atoms with Crippen LogP contribution in [0.4, 0.5) is 18.9 Å². The van der Waals surface area contributed by atoms with Crippen molar-refractivity contribution in [3.05, 3.63) is 29.3 Å².